The molecule has 0 bridgehead atoms. The molecule has 0 saturated heterocycles. The summed E-state index contributed by atoms with van der Waals surface area (Å²) in [5, 5.41) is 16.6. The monoisotopic (exact) mass is 224 g/mol. The molecule has 84 valence electrons. The van der Waals surface area contributed by atoms with Crippen molar-refractivity contribution in [3.63, 3.8) is 0 Å². The van der Waals surface area contributed by atoms with Crippen LogP contribution in [0.4, 0.5) is 0 Å². The molecule has 1 aliphatic rings. The minimum absolute atomic E-state index is 0.667. The number of nitrogens with zero attached hydrogens (tertiary/aromatic N) is 3. The van der Waals surface area contributed by atoms with Crippen molar-refractivity contribution >= 4 is 0 Å². The Morgan fingerprint density at radius 3 is 3.24 bits per heavy atom. The predicted octanol–water partition coefficient (Wildman–Crippen LogP) is 1.39. The molecular weight excluding hydrogens is 212 g/mol. The van der Waals surface area contributed by atoms with E-state index in [4.69, 9.17) is 5.26 Å². The van der Waals surface area contributed by atoms with Crippen molar-refractivity contribution in [3.8, 4) is 11.8 Å². The summed E-state index contributed by atoms with van der Waals surface area (Å²) >= 11 is 0. The highest BCUT2D eigenvalue weighted by molar-refractivity contribution is 5.42. The molecule has 17 heavy (non-hydrogen) atoms. The Kier molecular flexibility index (Phi) is 2.39. The highest BCUT2D eigenvalue weighted by atomic mass is 15.3. The number of fused-ring (bicyclic) bond motifs is 1. The molecule has 2 heterocycles. The fourth-order valence-electron chi connectivity index (χ4n) is 2.18. The zero-order valence-electron chi connectivity index (χ0n) is 9.35. The van der Waals surface area contributed by atoms with E-state index in [1.54, 1.807) is 6.07 Å². The van der Waals surface area contributed by atoms with Gasteiger partial charge in [0, 0.05) is 30.8 Å². The molecule has 4 heteroatoms. The quantitative estimate of drug-likeness (QED) is 0.796. The molecular formula is C13H12N4. The minimum Gasteiger partial charge on any atom is -0.312 e. The number of rotatable bonds is 1. The maximum absolute atomic E-state index is 8.91. The van der Waals surface area contributed by atoms with E-state index in [1.807, 2.05) is 29.1 Å². The zero-order chi connectivity index (χ0) is 11.7. The van der Waals surface area contributed by atoms with Crippen molar-refractivity contribution in [2.24, 2.45) is 0 Å². The van der Waals surface area contributed by atoms with Gasteiger partial charge >= 0.3 is 0 Å². The van der Waals surface area contributed by atoms with Crippen LogP contribution in [0.1, 0.15) is 16.8 Å². The molecule has 0 amide bonds. The molecule has 0 atom stereocenters. The van der Waals surface area contributed by atoms with Gasteiger partial charge in [-0.05, 0) is 18.2 Å². The Hall–Kier alpha value is -2.12. The molecule has 0 aliphatic carbocycles. The predicted molar refractivity (Wildman–Crippen MR) is 63.7 cm³/mol. The van der Waals surface area contributed by atoms with Crippen LogP contribution in [-0.2, 0) is 13.0 Å². The SMILES string of the molecule is N#Cc1cccc(-n2ncc3c2CCNC3)c1. The first-order valence-corrected chi connectivity index (χ1v) is 5.65. The van der Waals surface area contributed by atoms with Gasteiger partial charge in [0.15, 0.2) is 0 Å². The number of nitriles is 1. The summed E-state index contributed by atoms with van der Waals surface area (Å²) in [6, 6.07) is 9.71. The zero-order valence-corrected chi connectivity index (χ0v) is 9.35. The van der Waals surface area contributed by atoms with Gasteiger partial charge in [0.2, 0.25) is 0 Å². The number of aromatic nitrogens is 2. The molecule has 1 aromatic heterocycles. The third kappa shape index (κ3) is 1.71. The van der Waals surface area contributed by atoms with Gasteiger partial charge < -0.3 is 5.32 Å². The van der Waals surface area contributed by atoms with Crippen molar-refractivity contribution in [2.45, 2.75) is 13.0 Å². The first kappa shape index (κ1) is 10.1. The highest BCUT2D eigenvalue weighted by Crippen LogP contribution is 2.18. The van der Waals surface area contributed by atoms with Crippen LogP contribution in [0.15, 0.2) is 30.5 Å². The van der Waals surface area contributed by atoms with Crippen molar-refractivity contribution in [2.75, 3.05) is 6.54 Å². The number of nitrogens with one attached hydrogen (secondary N) is 1. The lowest BCUT2D eigenvalue weighted by atomic mass is 10.1. The maximum atomic E-state index is 8.91. The van der Waals surface area contributed by atoms with Gasteiger partial charge in [0.25, 0.3) is 0 Å². The van der Waals surface area contributed by atoms with Crippen molar-refractivity contribution < 1.29 is 0 Å². The molecule has 0 saturated carbocycles. The Morgan fingerprint density at radius 2 is 2.35 bits per heavy atom. The number of hydrogen-bond donors (Lipinski definition) is 1. The molecule has 0 fully saturated rings. The summed E-state index contributed by atoms with van der Waals surface area (Å²) < 4.78 is 1.94. The highest BCUT2D eigenvalue weighted by Gasteiger charge is 2.15. The third-order valence-corrected chi connectivity index (χ3v) is 3.03. The summed E-state index contributed by atoms with van der Waals surface area (Å²) in [7, 11) is 0. The summed E-state index contributed by atoms with van der Waals surface area (Å²) in [4.78, 5) is 0. The van der Waals surface area contributed by atoms with E-state index in [0.717, 1.165) is 25.2 Å². The van der Waals surface area contributed by atoms with E-state index in [0.29, 0.717) is 5.56 Å². The van der Waals surface area contributed by atoms with E-state index >= 15 is 0 Å². The lowest BCUT2D eigenvalue weighted by molar-refractivity contribution is 0.623. The molecule has 1 aromatic carbocycles. The molecule has 0 unspecified atom stereocenters. The molecule has 3 rings (SSSR count). The van der Waals surface area contributed by atoms with Crippen LogP contribution in [0.5, 0.6) is 0 Å². The van der Waals surface area contributed by atoms with E-state index in [9.17, 15) is 0 Å². The summed E-state index contributed by atoms with van der Waals surface area (Å²) in [6.45, 7) is 1.86. The minimum atomic E-state index is 0.667. The average molecular weight is 224 g/mol. The van der Waals surface area contributed by atoms with E-state index in [2.05, 4.69) is 16.5 Å². The Morgan fingerprint density at radius 1 is 1.41 bits per heavy atom. The third-order valence-electron chi connectivity index (χ3n) is 3.03. The summed E-state index contributed by atoms with van der Waals surface area (Å²) in [5.74, 6) is 0. The van der Waals surface area contributed by atoms with Crippen LogP contribution in [0.25, 0.3) is 5.69 Å². The van der Waals surface area contributed by atoms with Gasteiger partial charge in [-0.2, -0.15) is 10.4 Å². The Bertz CT molecular complexity index is 592. The number of benzene rings is 1. The van der Waals surface area contributed by atoms with Gasteiger partial charge in [-0.1, -0.05) is 6.07 Å². The van der Waals surface area contributed by atoms with Crippen molar-refractivity contribution in [3.05, 3.63) is 47.3 Å². The van der Waals surface area contributed by atoms with Crippen LogP contribution in [0.3, 0.4) is 0 Å². The fourth-order valence-corrected chi connectivity index (χ4v) is 2.18. The molecule has 1 N–H and O–H groups in total. The standard InChI is InChI=1S/C13H12N4/c14-7-10-2-1-3-12(6-10)17-13-4-5-15-8-11(13)9-16-17/h1-3,6,9,15H,4-5,8H2. The van der Waals surface area contributed by atoms with Gasteiger partial charge in [-0.25, -0.2) is 4.68 Å². The largest absolute Gasteiger partial charge is 0.312 e. The molecule has 4 nitrogen and oxygen atoms in total. The van der Waals surface area contributed by atoms with Gasteiger partial charge in [0.05, 0.1) is 23.5 Å². The lowest BCUT2D eigenvalue weighted by Crippen LogP contribution is -2.24. The van der Waals surface area contributed by atoms with Crippen LogP contribution < -0.4 is 5.32 Å². The Labute approximate surface area is 99.5 Å². The Balaban J connectivity index is 2.09. The maximum Gasteiger partial charge on any atom is 0.0992 e. The second kappa shape index (κ2) is 4.04. The van der Waals surface area contributed by atoms with Gasteiger partial charge in [0.1, 0.15) is 0 Å². The molecule has 2 aromatic rings. The smallest absolute Gasteiger partial charge is 0.0992 e. The van der Waals surface area contributed by atoms with Crippen LogP contribution >= 0.6 is 0 Å². The van der Waals surface area contributed by atoms with Crippen LogP contribution in [0, 0.1) is 11.3 Å². The molecule has 1 aliphatic heterocycles. The van der Waals surface area contributed by atoms with Gasteiger partial charge in [-0.3, -0.25) is 0 Å². The summed E-state index contributed by atoms with van der Waals surface area (Å²) in [5.41, 5.74) is 4.13. The normalized spacial score (nSPS) is 14.1. The van der Waals surface area contributed by atoms with Gasteiger partial charge in [-0.15, -0.1) is 0 Å². The topological polar surface area (TPSA) is 53.6 Å². The van der Waals surface area contributed by atoms with E-state index in [1.165, 1.54) is 11.3 Å². The lowest BCUT2D eigenvalue weighted by Gasteiger charge is -2.15. The first-order chi connectivity index (χ1) is 8.38. The van der Waals surface area contributed by atoms with Crippen molar-refractivity contribution in [1.29, 1.82) is 5.26 Å². The second-order valence-corrected chi connectivity index (χ2v) is 4.12. The van der Waals surface area contributed by atoms with Crippen molar-refractivity contribution in [1.82, 2.24) is 15.1 Å². The summed E-state index contributed by atoms with van der Waals surface area (Å²) in [6.07, 6.45) is 2.88. The molecule has 0 radical (unpaired) electrons. The van der Waals surface area contributed by atoms with E-state index < -0.39 is 0 Å². The number of hydrogen-bond acceptors (Lipinski definition) is 3. The first-order valence-electron chi connectivity index (χ1n) is 5.65. The average Bonchev–Trinajstić information content (AvgIpc) is 2.82. The molecule has 0 spiro atoms. The second-order valence-electron chi connectivity index (χ2n) is 4.12. The van der Waals surface area contributed by atoms with Crippen LogP contribution in [0.2, 0.25) is 0 Å². The fraction of sp³-hybridized carbons (Fsp3) is 0.231. The van der Waals surface area contributed by atoms with E-state index in [-0.39, 0.29) is 0 Å². The van der Waals surface area contributed by atoms with Crippen LogP contribution in [-0.4, -0.2) is 16.3 Å².